The van der Waals surface area contributed by atoms with Crippen LogP contribution in [0.3, 0.4) is 0 Å². The largest absolute Gasteiger partial charge is 0.653 e. The summed E-state index contributed by atoms with van der Waals surface area (Å²) in [5.74, 6) is 0. The lowest BCUT2D eigenvalue weighted by molar-refractivity contribution is 0.0656. The number of hydrogen-bond donors (Lipinski definition) is 0. The van der Waals surface area contributed by atoms with Crippen LogP contribution in [0.25, 0.3) is 0 Å². The second-order valence-corrected chi connectivity index (χ2v) is 2.24. The Balaban J connectivity index is 2.31. The predicted molar refractivity (Wildman–Crippen MR) is 37.3 cm³/mol. The zero-order valence-electron chi connectivity index (χ0n) is 5.95. The van der Waals surface area contributed by atoms with Crippen LogP contribution in [0.15, 0.2) is 5.09 Å². The van der Waals surface area contributed by atoms with Crippen molar-refractivity contribution in [1.29, 1.82) is 0 Å². The first-order chi connectivity index (χ1) is 4.86. The molecule has 1 heterocycles. The van der Waals surface area contributed by atoms with Crippen molar-refractivity contribution in [3.8, 4) is 0 Å². The summed E-state index contributed by atoms with van der Waals surface area (Å²) in [5, 5.41) is 2.65. The number of hydrogen-bond acceptors (Lipinski definition) is 4. The van der Waals surface area contributed by atoms with Crippen LogP contribution in [0.4, 0.5) is 0 Å². The fraction of sp³-hybridized carbons (Fsp3) is 1.00. The van der Waals surface area contributed by atoms with Gasteiger partial charge < -0.3 is 9.31 Å². The molecular weight excluding hydrogens is 133 g/mol. The maximum absolute atomic E-state index is 9.92. The van der Waals surface area contributed by atoms with E-state index in [1.54, 1.807) is 0 Å². The molecule has 1 aliphatic heterocycles. The molecule has 1 fully saturated rings. The van der Waals surface area contributed by atoms with Crippen LogP contribution < -0.4 is 0 Å². The highest BCUT2D eigenvalue weighted by Gasteiger charge is 2.29. The first-order valence-corrected chi connectivity index (χ1v) is 3.46. The summed E-state index contributed by atoms with van der Waals surface area (Å²) in [7, 11) is -0.862. The molecule has 0 spiro atoms. The average molecular weight is 143 g/mol. The van der Waals surface area contributed by atoms with E-state index in [9.17, 15) is 4.91 Å². The molecule has 10 heavy (non-hydrogen) atoms. The first kappa shape index (κ1) is 7.69. The van der Waals surface area contributed by atoms with E-state index in [-0.39, 0.29) is 6.10 Å². The molecular formula is C5H10BNO3. The lowest BCUT2D eigenvalue weighted by atomic mass is 10.1. The SMILES string of the molecule is CC[C@@H]1CCOB(N=O)O1. The molecule has 0 aromatic heterocycles. The minimum absolute atomic E-state index is 0.149. The van der Waals surface area contributed by atoms with Gasteiger partial charge in [-0.15, -0.1) is 0 Å². The fourth-order valence-electron chi connectivity index (χ4n) is 0.928. The first-order valence-electron chi connectivity index (χ1n) is 3.46. The van der Waals surface area contributed by atoms with Crippen LogP contribution >= 0.6 is 0 Å². The normalized spacial score (nSPS) is 26.5. The lowest BCUT2D eigenvalue weighted by Crippen LogP contribution is -2.34. The van der Waals surface area contributed by atoms with Crippen molar-refractivity contribution in [2.75, 3.05) is 6.61 Å². The van der Waals surface area contributed by atoms with Crippen molar-refractivity contribution >= 4 is 7.25 Å². The zero-order valence-corrected chi connectivity index (χ0v) is 5.95. The molecule has 0 unspecified atom stereocenters. The van der Waals surface area contributed by atoms with E-state index in [4.69, 9.17) is 9.31 Å². The van der Waals surface area contributed by atoms with Crippen molar-refractivity contribution in [2.24, 2.45) is 5.09 Å². The van der Waals surface area contributed by atoms with Crippen LogP contribution in [0.5, 0.6) is 0 Å². The van der Waals surface area contributed by atoms with E-state index in [1.165, 1.54) is 0 Å². The van der Waals surface area contributed by atoms with E-state index < -0.39 is 7.25 Å². The van der Waals surface area contributed by atoms with Crippen LogP contribution in [-0.2, 0) is 9.31 Å². The van der Waals surface area contributed by atoms with Crippen LogP contribution in [0.2, 0.25) is 0 Å². The van der Waals surface area contributed by atoms with Gasteiger partial charge in [0, 0.05) is 12.7 Å². The standard InChI is InChI=1S/C5H10BNO3/c1-2-5-3-4-9-6(7-8)10-5/h5H,2-4H2,1H3/t5-/m1/s1. The molecule has 1 aliphatic rings. The third-order valence-electron chi connectivity index (χ3n) is 1.55. The number of rotatable bonds is 2. The third kappa shape index (κ3) is 1.78. The Morgan fingerprint density at radius 1 is 1.80 bits per heavy atom. The van der Waals surface area contributed by atoms with Gasteiger partial charge in [0.1, 0.15) is 0 Å². The molecule has 0 aromatic rings. The summed E-state index contributed by atoms with van der Waals surface area (Å²) in [4.78, 5) is 9.92. The summed E-state index contributed by atoms with van der Waals surface area (Å²) >= 11 is 0. The zero-order chi connectivity index (χ0) is 7.40. The Labute approximate surface area is 60.0 Å². The van der Waals surface area contributed by atoms with Crippen molar-refractivity contribution < 1.29 is 9.31 Å². The van der Waals surface area contributed by atoms with Crippen molar-refractivity contribution in [2.45, 2.75) is 25.9 Å². The van der Waals surface area contributed by atoms with E-state index in [0.29, 0.717) is 6.61 Å². The maximum Gasteiger partial charge on any atom is 0.653 e. The molecule has 1 atom stereocenters. The Morgan fingerprint density at radius 3 is 3.20 bits per heavy atom. The highest BCUT2D eigenvalue weighted by Crippen LogP contribution is 2.12. The highest BCUT2D eigenvalue weighted by atomic mass is 16.6. The van der Waals surface area contributed by atoms with Crippen LogP contribution in [0, 0.1) is 4.91 Å². The Hall–Kier alpha value is -0.415. The average Bonchev–Trinajstić information content (AvgIpc) is 2.05. The van der Waals surface area contributed by atoms with Gasteiger partial charge in [-0.3, -0.25) is 0 Å². The van der Waals surface area contributed by atoms with Gasteiger partial charge in [0.25, 0.3) is 0 Å². The smallest absolute Gasteiger partial charge is 0.389 e. The van der Waals surface area contributed by atoms with E-state index >= 15 is 0 Å². The molecule has 0 N–H and O–H groups in total. The van der Waals surface area contributed by atoms with Gasteiger partial charge in [-0.05, 0) is 12.8 Å². The minimum atomic E-state index is -0.862. The highest BCUT2D eigenvalue weighted by molar-refractivity contribution is 6.42. The number of nitrogens with zero attached hydrogens (tertiary/aromatic N) is 1. The molecule has 56 valence electrons. The van der Waals surface area contributed by atoms with Crippen LogP contribution in [0.1, 0.15) is 19.8 Å². The molecule has 5 heteroatoms. The molecule has 0 radical (unpaired) electrons. The van der Waals surface area contributed by atoms with Gasteiger partial charge >= 0.3 is 7.25 Å². The fourth-order valence-corrected chi connectivity index (χ4v) is 0.928. The molecule has 0 aromatic carbocycles. The second-order valence-electron chi connectivity index (χ2n) is 2.24. The van der Waals surface area contributed by atoms with Gasteiger partial charge in [-0.25, -0.2) is 0 Å². The molecule has 1 saturated heterocycles. The lowest BCUT2D eigenvalue weighted by Gasteiger charge is -2.22. The van der Waals surface area contributed by atoms with E-state index in [0.717, 1.165) is 12.8 Å². The molecule has 0 bridgehead atoms. The van der Waals surface area contributed by atoms with E-state index in [1.807, 2.05) is 6.92 Å². The minimum Gasteiger partial charge on any atom is -0.389 e. The maximum atomic E-state index is 9.92. The topological polar surface area (TPSA) is 47.9 Å². The number of nitroso groups, excluding NO2 is 1. The van der Waals surface area contributed by atoms with Gasteiger partial charge in [-0.2, -0.15) is 4.91 Å². The summed E-state index contributed by atoms with van der Waals surface area (Å²) in [6.07, 6.45) is 1.93. The summed E-state index contributed by atoms with van der Waals surface area (Å²) in [6, 6.07) is 0. The van der Waals surface area contributed by atoms with Gasteiger partial charge in [0.05, 0.1) is 0 Å². The summed E-state index contributed by atoms with van der Waals surface area (Å²) in [6.45, 7) is 2.59. The second kappa shape index (κ2) is 3.68. The molecule has 0 amide bonds. The van der Waals surface area contributed by atoms with E-state index in [2.05, 4.69) is 5.09 Å². The summed E-state index contributed by atoms with van der Waals surface area (Å²) < 4.78 is 9.94. The van der Waals surface area contributed by atoms with Gasteiger partial charge in [0.15, 0.2) is 0 Å². The molecule has 0 saturated carbocycles. The quantitative estimate of drug-likeness (QED) is 0.427. The molecule has 0 aliphatic carbocycles. The van der Waals surface area contributed by atoms with Crippen molar-refractivity contribution in [1.82, 2.24) is 0 Å². The van der Waals surface area contributed by atoms with Crippen molar-refractivity contribution in [3.63, 3.8) is 0 Å². The Bertz CT molecular complexity index is 121. The van der Waals surface area contributed by atoms with Gasteiger partial charge in [0.2, 0.25) is 0 Å². The van der Waals surface area contributed by atoms with Gasteiger partial charge in [-0.1, -0.05) is 12.0 Å². The third-order valence-corrected chi connectivity index (χ3v) is 1.55. The monoisotopic (exact) mass is 143 g/mol. The predicted octanol–water partition coefficient (Wildman–Crippen LogP) is 0.953. The van der Waals surface area contributed by atoms with Crippen molar-refractivity contribution in [3.05, 3.63) is 4.91 Å². The molecule has 4 nitrogen and oxygen atoms in total. The summed E-state index contributed by atoms with van der Waals surface area (Å²) in [5.41, 5.74) is 0. The van der Waals surface area contributed by atoms with Crippen LogP contribution in [-0.4, -0.2) is 20.0 Å². The Kier molecular flexibility index (Phi) is 2.83. The Morgan fingerprint density at radius 2 is 2.60 bits per heavy atom. The molecule has 1 rings (SSSR count).